The number of urea groups is 1. The molecule has 1 saturated carbocycles. The molecule has 2 fully saturated rings. The predicted octanol–water partition coefficient (Wildman–Crippen LogP) is 2.30. The summed E-state index contributed by atoms with van der Waals surface area (Å²) in [5.41, 5.74) is -0.290. The van der Waals surface area contributed by atoms with Crippen LogP contribution in [0.3, 0.4) is 0 Å². The lowest BCUT2D eigenvalue weighted by atomic mass is 9.82. The molecular formula is C18H23N3O5. The van der Waals surface area contributed by atoms with Crippen LogP contribution in [0.1, 0.15) is 37.7 Å². The van der Waals surface area contributed by atoms with Crippen LogP contribution in [0.5, 0.6) is 17.2 Å². The van der Waals surface area contributed by atoms with Crippen LogP contribution in [0.25, 0.3) is 0 Å². The van der Waals surface area contributed by atoms with Crippen LogP contribution in [0.4, 0.5) is 4.79 Å². The summed E-state index contributed by atoms with van der Waals surface area (Å²) >= 11 is 0. The van der Waals surface area contributed by atoms with Gasteiger partial charge >= 0.3 is 6.03 Å². The molecule has 3 rings (SSSR count). The number of hydrogen-bond acceptors (Lipinski definition) is 6. The third kappa shape index (κ3) is 3.07. The Balaban J connectivity index is 1.90. The van der Waals surface area contributed by atoms with Crippen molar-refractivity contribution in [2.75, 3.05) is 21.3 Å². The van der Waals surface area contributed by atoms with E-state index in [9.17, 15) is 9.59 Å². The number of imide groups is 1. The molecule has 2 aliphatic rings. The molecule has 0 unspecified atom stereocenters. The Morgan fingerprint density at radius 3 is 2.19 bits per heavy atom. The monoisotopic (exact) mass is 361 g/mol. The third-order valence-electron chi connectivity index (χ3n) is 4.90. The Kier molecular flexibility index (Phi) is 5.01. The van der Waals surface area contributed by atoms with E-state index in [-0.39, 0.29) is 5.91 Å². The highest BCUT2D eigenvalue weighted by atomic mass is 16.5. The maximum Gasteiger partial charge on any atom is 0.346 e. The average molecular weight is 361 g/mol. The summed E-state index contributed by atoms with van der Waals surface area (Å²) in [6.07, 6.45) is 5.62. The number of nitrogens with one attached hydrogen (secondary N) is 1. The van der Waals surface area contributed by atoms with Crippen molar-refractivity contribution in [3.8, 4) is 17.2 Å². The molecule has 1 spiro atoms. The second kappa shape index (κ2) is 7.23. The highest BCUT2D eigenvalue weighted by Crippen LogP contribution is 2.35. The number of hydrazone groups is 1. The first-order valence-electron chi connectivity index (χ1n) is 8.55. The first-order chi connectivity index (χ1) is 12.5. The Hall–Kier alpha value is -2.77. The van der Waals surface area contributed by atoms with Crippen molar-refractivity contribution in [2.24, 2.45) is 5.10 Å². The van der Waals surface area contributed by atoms with Gasteiger partial charge in [0.15, 0.2) is 0 Å². The van der Waals surface area contributed by atoms with E-state index in [0.717, 1.165) is 24.3 Å². The Labute approximate surface area is 152 Å². The minimum absolute atomic E-state index is 0.301. The van der Waals surface area contributed by atoms with Crippen molar-refractivity contribution in [1.82, 2.24) is 10.3 Å². The number of hydrogen-bond donors (Lipinski definition) is 1. The summed E-state index contributed by atoms with van der Waals surface area (Å²) in [6.45, 7) is 0. The molecule has 0 aromatic heterocycles. The molecule has 1 N–H and O–H groups in total. The molecule has 1 aromatic rings. The lowest BCUT2D eigenvalue weighted by molar-refractivity contribution is -0.132. The number of rotatable bonds is 5. The number of amides is 3. The van der Waals surface area contributed by atoms with Crippen molar-refractivity contribution < 1.29 is 23.8 Å². The van der Waals surface area contributed by atoms with Gasteiger partial charge in [-0.3, -0.25) is 4.79 Å². The molecule has 1 heterocycles. The Morgan fingerprint density at radius 1 is 1.04 bits per heavy atom. The predicted molar refractivity (Wildman–Crippen MR) is 94.9 cm³/mol. The highest BCUT2D eigenvalue weighted by molar-refractivity contribution is 6.07. The van der Waals surface area contributed by atoms with Crippen LogP contribution >= 0.6 is 0 Å². The quantitative estimate of drug-likeness (QED) is 0.642. The fraction of sp³-hybridized carbons (Fsp3) is 0.500. The van der Waals surface area contributed by atoms with Crippen molar-refractivity contribution in [3.05, 3.63) is 17.7 Å². The molecule has 1 saturated heterocycles. The third-order valence-corrected chi connectivity index (χ3v) is 4.90. The fourth-order valence-electron chi connectivity index (χ4n) is 3.48. The Bertz CT molecular complexity index is 715. The van der Waals surface area contributed by atoms with Crippen LogP contribution in [-0.2, 0) is 4.79 Å². The summed E-state index contributed by atoms with van der Waals surface area (Å²) in [6, 6.07) is 2.86. The molecule has 3 amide bonds. The molecule has 8 heteroatoms. The first kappa shape index (κ1) is 18.0. The molecule has 0 bridgehead atoms. The van der Waals surface area contributed by atoms with Crippen LogP contribution in [0.15, 0.2) is 17.2 Å². The lowest BCUT2D eigenvalue weighted by Crippen LogP contribution is -2.48. The summed E-state index contributed by atoms with van der Waals surface area (Å²) < 4.78 is 15.9. The molecular weight excluding hydrogens is 338 g/mol. The van der Waals surface area contributed by atoms with Gasteiger partial charge in [-0.2, -0.15) is 5.10 Å². The topological polar surface area (TPSA) is 89.5 Å². The maximum absolute atomic E-state index is 12.8. The van der Waals surface area contributed by atoms with Crippen LogP contribution in [0, 0.1) is 0 Å². The van der Waals surface area contributed by atoms with Gasteiger partial charge < -0.3 is 19.5 Å². The minimum atomic E-state index is -0.805. The molecule has 8 nitrogen and oxygen atoms in total. The molecule has 140 valence electrons. The van der Waals surface area contributed by atoms with E-state index in [1.54, 1.807) is 19.2 Å². The van der Waals surface area contributed by atoms with E-state index in [0.29, 0.717) is 35.7 Å². The number of nitrogens with zero attached hydrogens (tertiary/aromatic N) is 2. The Morgan fingerprint density at radius 2 is 1.65 bits per heavy atom. The molecule has 0 atom stereocenters. The number of ether oxygens (including phenoxy) is 3. The van der Waals surface area contributed by atoms with E-state index in [1.807, 2.05) is 0 Å². The number of benzene rings is 1. The van der Waals surface area contributed by atoms with E-state index < -0.39 is 11.6 Å². The second-order valence-electron chi connectivity index (χ2n) is 6.38. The largest absolute Gasteiger partial charge is 0.496 e. The normalized spacial score (nSPS) is 19.1. The molecule has 1 aliphatic carbocycles. The van der Waals surface area contributed by atoms with Gasteiger partial charge in [-0.05, 0) is 12.8 Å². The zero-order valence-electron chi connectivity index (χ0n) is 15.2. The molecule has 1 aliphatic heterocycles. The van der Waals surface area contributed by atoms with E-state index in [2.05, 4.69) is 10.4 Å². The zero-order chi connectivity index (χ0) is 18.7. The van der Waals surface area contributed by atoms with Gasteiger partial charge in [-0.1, -0.05) is 19.3 Å². The first-order valence-corrected chi connectivity index (χ1v) is 8.55. The zero-order valence-corrected chi connectivity index (χ0v) is 15.2. The average Bonchev–Trinajstić information content (AvgIpc) is 2.89. The van der Waals surface area contributed by atoms with Gasteiger partial charge in [0.2, 0.25) is 0 Å². The van der Waals surface area contributed by atoms with Gasteiger partial charge in [-0.25, -0.2) is 4.79 Å². The summed E-state index contributed by atoms with van der Waals surface area (Å²) in [5.74, 6) is 1.19. The smallest absolute Gasteiger partial charge is 0.346 e. The SMILES string of the molecule is COc1cc(OC)c(C=NN2C(=O)NC3(CCCCC3)C2=O)c(OC)c1. The van der Waals surface area contributed by atoms with E-state index in [1.165, 1.54) is 20.4 Å². The van der Waals surface area contributed by atoms with Gasteiger partial charge in [-0.15, -0.1) is 5.01 Å². The standard InChI is InChI=1S/C18H23N3O5/c1-24-12-9-14(25-2)13(15(10-12)26-3)11-19-21-16(22)18(20-17(21)23)7-5-4-6-8-18/h9-11H,4-8H2,1-3H3,(H,20,23). The molecule has 26 heavy (non-hydrogen) atoms. The van der Waals surface area contributed by atoms with Gasteiger partial charge in [0, 0.05) is 12.1 Å². The fourth-order valence-corrected chi connectivity index (χ4v) is 3.48. The van der Waals surface area contributed by atoms with Crippen molar-refractivity contribution in [2.45, 2.75) is 37.6 Å². The van der Waals surface area contributed by atoms with Crippen LogP contribution < -0.4 is 19.5 Å². The molecule has 1 aromatic carbocycles. The van der Waals surface area contributed by atoms with Gasteiger partial charge in [0.1, 0.15) is 22.8 Å². The van der Waals surface area contributed by atoms with Crippen molar-refractivity contribution in [1.29, 1.82) is 0 Å². The summed E-state index contributed by atoms with van der Waals surface area (Å²) in [4.78, 5) is 25.1. The summed E-state index contributed by atoms with van der Waals surface area (Å²) in [5, 5.41) is 7.84. The minimum Gasteiger partial charge on any atom is -0.496 e. The summed E-state index contributed by atoms with van der Waals surface area (Å²) in [7, 11) is 4.56. The van der Waals surface area contributed by atoms with E-state index >= 15 is 0 Å². The van der Waals surface area contributed by atoms with Crippen LogP contribution in [0.2, 0.25) is 0 Å². The van der Waals surface area contributed by atoms with Crippen molar-refractivity contribution >= 4 is 18.2 Å². The van der Waals surface area contributed by atoms with Gasteiger partial charge in [0.05, 0.1) is 33.1 Å². The lowest BCUT2D eigenvalue weighted by Gasteiger charge is -2.29. The number of methoxy groups -OCH3 is 3. The number of carbonyl (C=O) groups excluding carboxylic acids is 2. The van der Waals surface area contributed by atoms with E-state index in [4.69, 9.17) is 14.2 Å². The van der Waals surface area contributed by atoms with Crippen molar-refractivity contribution in [3.63, 3.8) is 0 Å². The molecule has 0 radical (unpaired) electrons. The maximum atomic E-state index is 12.8. The second-order valence-corrected chi connectivity index (χ2v) is 6.38. The highest BCUT2D eigenvalue weighted by Gasteiger charge is 2.51. The number of carbonyl (C=O) groups is 2. The van der Waals surface area contributed by atoms with Gasteiger partial charge in [0.25, 0.3) is 5.91 Å². The van der Waals surface area contributed by atoms with Crippen LogP contribution in [-0.4, -0.2) is 50.0 Å².